The van der Waals surface area contributed by atoms with E-state index in [0.29, 0.717) is 5.69 Å². The summed E-state index contributed by atoms with van der Waals surface area (Å²) in [4.78, 5) is 12.1. The van der Waals surface area contributed by atoms with Gasteiger partial charge in [-0.25, -0.2) is 0 Å². The molecule has 0 saturated heterocycles. The van der Waals surface area contributed by atoms with Crippen LogP contribution in [0.4, 0.5) is 5.69 Å². The number of rotatable bonds is 2. The smallest absolute Gasteiger partial charge is 0.272 e. The van der Waals surface area contributed by atoms with Crippen LogP contribution in [0, 0.1) is 0 Å². The SMILES string of the molecule is Cn1cccc1C(=O)Nc1ccc2cnn(C)c2c1. The molecule has 0 saturated carbocycles. The van der Waals surface area contributed by atoms with Crippen molar-refractivity contribution in [3.63, 3.8) is 0 Å². The Hall–Kier alpha value is -2.56. The number of hydrogen-bond acceptors (Lipinski definition) is 2. The highest BCUT2D eigenvalue weighted by atomic mass is 16.1. The van der Waals surface area contributed by atoms with Crippen LogP contribution in [-0.2, 0) is 14.1 Å². The van der Waals surface area contributed by atoms with Gasteiger partial charge in [-0.05, 0) is 30.3 Å². The molecule has 0 fully saturated rings. The molecule has 5 heteroatoms. The average Bonchev–Trinajstić information content (AvgIpc) is 2.97. The molecule has 3 rings (SSSR count). The van der Waals surface area contributed by atoms with Crippen LogP contribution >= 0.6 is 0 Å². The number of hydrogen-bond donors (Lipinski definition) is 1. The van der Waals surface area contributed by atoms with E-state index in [9.17, 15) is 4.79 Å². The number of nitrogens with zero attached hydrogens (tertiary/aromatic N) is 3. The van der Waals surface area contributed by atoms with Gasteiger partial charge in [-0.2, -0.15) is 5.10 Å². The van der Waals surface area contributed by atoms with Gasteiger partial charge in [0.1, 0.15) is 5.69 Å². The summed E-state index contributed by atoms with van der Waals surface area (Å²) in [6.07, 6.45) is 3.65. The predicted octanol–water partition coefficient (Wildman–Crippen LogP) is 2.16. The molecule has 1 amide bonds. The Balaban J connectivity index is 1.91. The van der Waals surface area contributed by atoms with E-state index >= 15 is 0 Å². The number of carbonyl (C=O) groups is 1. The number of aryl methyl sites for hydroxylation is 2. The molecule has 19 heavy (non-hydrogen) atoms. The third-order valence-corrected chi connectivity index (χ3v) is 3.18. The van der Waals surface area contributed by atoms with Crippen LogP contribution in [0.15, 0.2) is 42.7 Å². The van der Waals surface area contributed by atoms with Crippen LogP contribution in [0.1, 0.15) is 10.5 Å². The number of nitrogens with one attached hydrogen (secondary N) is 1. The first kappa shape index (κ1) is 11.5. The molecule has 2 heterocycles. The fourth-order valence-corrected chi connectivity index (χ4v) is 2.11. The third-order valence-electron chi connectivity index (χ3n) is 3.18. The highest BCUT2D eigenvalue weighted by molar-refractivity contribution is 6.04. The Labute approximate surface area is 110 Å². The molecule has 0 aliphatic carbocycles. The summed E-state index contributed by atoms with van der Waals surface area (Å²) in [5, 5.41) is 8.13. The van der Waals surface area contributed by atoms with Gasteiger partial charge in [0.2, 0.25) is 0 Å². The largest absolute Gasteiger partial charge is 0.347 e. The lowest BCUT2D eigenvalue weighted by molar-refractivity contribution is 0.101. The summed E-state index contributed by atoms with van der Waals surface area (Å²) in [5.74, 6) is -0.117. The average molecular weight is 254 g/mol. The van der Waals surface area contributed by atoms with E-state index in [-0.39, 0.29) is 5.91 Å². The minimum atomic E-state index is -0.117. The molecule has 0 unspecified atom stereocenters. The van der Waals surface area contributed by atoms with Gasteiger partial charge in [0.05, 0.1) is 11.7 Å². The zero-order valence-corrected chi connectivity index (χ0v) is 10.8. The second-order valence-electron chi connectivity index (χ2n) is 4.50. The zero-order valence-electron chi connectivity index (χ0n) is 10.8. The Morgan fingerprint density at radius 1 is 1.26 bits per heavy atom. The maximum atomic E-state index is 12.1. The van der Waals surface area contributed by atoms with Gasteiger partial charge in [0, 0.05) is 31.4 Å². The predicted molar refractivity (Wildman–Crippen MR) is 74.1 cm³/mol. The Morgan fingerprint density at radius 3 is 2.84 bits per heavy atom. The molecule has 1 N–H and O–H groups in total. The van der Waals surface area contributed by atoms with Crippen molar-refractivity contribution in [2.75, 3.05) is 5.32 Å². The number of benzene rings is 1. The summed E-state index contributed by atoms with van der Waals surface area (Å²) in [5.41, 5.74) is 2.39. The van der Waals surface area contributed by atoms with Crippen LogP contribution in [0.3, 0.4) is 0 Å². The fourth-order valence-electron chi connectivity index (χ4n) is 2.11. The fraction of sp³-hybridized carbons (Fsp3) is 0.143. The minimum Gasteiger partial charge on any atom is -0.347 e. The maximum Gasteiger partial charge on any atom is 0.272 e. The molecule has 0 radical (unpaired) electrons. The molecule has 0 atom stereocenters. The van der Waals surface area contributed by atoms with Gasteiger partial charge < -0.3 is 9.88 Å². The maximum absolute atomic E-state index is 12.1. The van der Waals surface area contributed by atoms with Gasteiger partial charge in [0.25, 0.3) is 5.91 Å². The van der Waals surface area contributed by atoms with Crippen LogP contribution in [0.5, 0.6) is 0 Å². The van der Waals surface area contributed by atoms with Gasteiger partial charge in [-0.3, -0.25) is 9.48 Å². The zero-order chi connectivity index (χ0) is 13.4. The Kier molecular flexibility index (Phi) is 2.59. The minimum absolute atomic E-state index is 0.117. The van der Waals surface area contributed by atoms with Crippen molar-refractivity contribution in [2.45, 2.75) is 0 Å². The van der Waals surface area contributed by atoms with Crippen LogP contribution in [0.25, 0.3) is 10.9 Å². The lowest BCUT2D eigenvalue weighted by Gasteiger charge is -2.06. The van der Waals surface area contributed by atoms with Gasteiger partial charge >= 0.3 is 0 Å². The molecule has 0 aliphatic rings. The highest BCUT2D eigenvalue weighted by Crippen LogP contribution is 2.18. The first-order chi connectivity index (χ1) is 9.15. The molecular weight excluding hydrogens is 240 g/mol. The second-order valence-corrected chi connectivity index (χ2v) is 4.50. The lowest BCUT2D eigenvalue weighted by Crippen LogP contribution is -2.15. The summed E-state index contributed by atoms with van der Waals surface area (Å²) in [6.45, 7) is 0. The van der Waals surface area contributed by atoms with Crippen molar-refractivity contribution < 1.29 is 4.79 Å². The summed E-state index contributed by atoms with van der Waals surface area (Å²) in [6, 6.07) is 9.38. The molecular formula is C14H14N4O. The van der Waals surface area contributed by atoms with Crippen molar-refractivity contribution in [2.24, 2.45) is 14.1 Å². The molecule has 3 aromatic rings. The van der Waals surface area contributed by atoms with E-state index in [2.05, 4.69) is 10.4 Å². The van der Waals surface area contributed by atoms with Crippen molar-refractivity contribution in [1.29, 1.82) is 0 Å². The second kappa shape index (κ2) is 4.28. The molecule has 96 valence electrons. The number of anilines is 1. The summed E-state index contributed by atoms with van der Waals surface area (Å²) >= 11 is 0. The van der Waals surface area contributed by atoms with E-state index < -0.39 is 0 Å². The summed E-state index contributed by atoms with van der Waals surface area (Å²) < 4.78 is 3.57. The van der Waals surface area contributed by atoms with E-state index in [1.165, 1.54) is 0 Å². The Bertz CT molecular complexity index is 754. The first-order valence-electron chi connectivity index (χ1n) is 5.99. The van der Waals surface area contributed by atoms with E-state index in [4.69, 9.17) is 0 Å². The normalized spacial score (nSPS) is 10.8. The van der Waals surface area contributed by atoms with Crippen molar-refractivity contribution in [3.05, 3.63) is 48.4 Å². The number of fused-ring (bicyclic) bond motifs is 1. The molecule has 2 aromatic heterocycles. The number of aromatic nitrogens is 3. The monoisotopic (exact) mass is 254 g/mol. The molecule has 0 bridgehead atoms. The van der Waals surface area contributed by atoms with E-state index in [1.807, 2.05) is 44.6 Å². The van der Waals surface area contributed by atoms with Crippen molar-refractivity contribution in [3.8, 4) is 0 Å². The third kappa shape index (κ3) is 1.99. The molecule has 1 aromatic carbocycles. The highest BCUT2D eigenvalue weighted by Gasteiger charge is 2.09. The van der Waals surface area contributed by atoms with Crippen molar-refractivity contribution >= 4 is 22.5 Å². The molecule has 0 spiro atoms. The quantitative estimate of drug-likeness (QED) is 0.762. The molecule has 0 aliphatic heterocycles. The molecule has 5 nitrogen and oxygen atoms in total. The van der Waals surface area contributed by atoms with E-state index in [0.717, 1.165) is 16.6 Å². The van der Waals surface area contributed by atoms with Crippen molar-refractivity contribution in [1.82, 2.24) is 14.3 Å². The van der Waals surface area contributed by atoms with Crippen LogP contribution < -0.4 is 5.32 Å². The number of amides is 1. The number of carbonyl (C=O) groups excluding carboxylic acids is 1. The summed E-state index contributed by atoms with van der Waals surface area (Å²) in [7, 11) is 3.73. The Morgan fingerprint density at radius 2 is 2.11 bits per heavy atom. The van der Waals surface area contributed by atoms with Gasteiger partial charge in [0.15, 0.2) is 0 Å². The van der Waals surface area contributed by atoms with Crippen LogP contribution in [-0.4, -0.2) is 20.3 Å². The van der Waals surface area contributed by atoms with Crippen LogP contribution in [0.2, 0.25) is 0 Å². The topological polar surface area (TPSA) is 51.9 Å². The first-order valence-corrected chi connectivity index (χ1v) is 5.99. The van der Waals surface area contributed by atoms with Gasteiger partial charge in [-0.1, -0.05) is 0 Å². The standard InChI is InChI=1S/C14H14N4O/c1-17-7-3-4-12(17)14(19)16-11-6-5-10-9-15-18(2)13(10)8-11/h3-9H,1-2H3,(H,16,19). The lowest BCUT2D eigenvalue weighted by atomic mass is 10.2. The van der Waals surface area contributed by atoms with E-state index in [1.54, 1.807) is 21.5 Å². The van der Waals surface area contributed by atoms with Gasteiger partial charge in [-0.15, -0.1) is 0 Å².